The predicted molar refractivity (Wildman–Crippen MR) is 98.5 cm³/mol. The highest BCUT2D eigenvalue weighted by molar-refractivity contribution is 7.16. The Balaban J connectivity index is 1.95. The second kappa shape index (κ2) is 7.00. The maximum atomic E-state index is 12.1. The molecule has 0 unspecified atom stereocenters. The molecule has 0 N–H and O–H groups in total. The molecule has 0 saturated carbocycles. The van der Waals surface area contributed by atoms with Crippen LogP contribution in [0.2, 0.25) is 5.02 Å². The van der Waals surface area contributed by atoms with Crippen LogP contribution in [0.15, 0.2) is 53.5 Å². The van der Waals surface area contributed by atoms with Crippen molar-refractivity contribution < 1.29 is 9.72 Å². The van der Waals surface area contributed by atoms with Crippen molar-refractivity contribution in [2.45, 2.75) is 0 Å². The zero-order chi connectivity index (χ0) is 18.0. The van der Waals surface area contributed by atoms with Crippen molar-refractivity contribution in [2.24, 2.45) is 12.0 Å². The van der Waals surface area contributed by atoms with Gasteiger partial charge in [-0.15, -0.1) is 0 Å². The first-order valence-corrected chi connectivity index (χ1v) is 8.40. The number of fused-ring (bicyclic) bond motifs is 1. The molecule has 0 aliphatic rings. The van der Waals surface area contributed by atoms with Gasteiger partial charge in [0, 0.05) is 30.3 Å². The number of non-ortho nitro benzene ring substituents is 1. The minimum atomic E-state index is -0.453. The molecule has 126 valence electrons. The second-order valence-electron chi connectivity index (χ2n) is 5.16. The number of aromatic nitrogens is 1. The molecule has 6 nitrogen and oxygen atoms in total. The fourth-order valence-corrected chi connectivity index (χ4v) is 3.44. The molecule has 0 fully saturated rings. The van der Waals surface area contributed by atoms with Crippen LogP contribution < -0.4 is 4.80 Å². The molecule has 3 aromatic rings. The summed E-state index contributed by atoms with van der Waals surface area (Å²) in [6.07, 6.45) is 2.94. The number of nitro benzene ring substituents is 1. The lowest BCUT2D eigenvalue weighted by atomic mass is 10.2. The van der Waals surface area contributed by atoms with Crippen molar-refractivity contribution in [1.82, 2.24) is 4.57 Å². The van der Waals surface area contributed by atoms with E-state index in [1.165, 1.54) is 29.5 Å². The first-order chi connectivity index (χ1) is 12.0. The fourth-order valence-electron chi connectivity index (χ4n) is 2.24. The highest BCUT2D eigenvalue weighted by Crippen LogP contribution is 2.22. The Labute approximate surface area is 151 Å². The molecule has 0 saturated heterocycles. The van der Waals surface area contributed by atoms with E-state index in [0.717, 1.165) is 10.3 Å². The predicted octanol–water partition coefficient (Wildman–Crippen LogP) is 3.94. The molecule has 25 heavy (non-hydrogen) atoms. The molecule has 8 heteroatoms. The lowest BCUT2D eigenvalue weighted by Crippen LogP contribution is -2.12. The van der Waals surface area contributed by atoms with Gasteiger partial charge in [-0.2, -0.15) is 4.99 Å². The number of benzene rings is 2. The van der Waals surface area contributed by atoms with Gasteiger partial charge in [0.2, 0.25) is 0 Å². The number of nitrogens with zero attached hydrogens (tertiary/aromatic N) is 3. The summed E-state index contributed by atoms with van der Waals surface area (Å²) < 4.78 is 2.48. The van der Waals surface area contributed by atoms with Crippen LogP contribution in [0.4, 0.5) is 5.69 Å². The molecular weight excluding hydrogens is 362 g/mol. The van der Waals surface area contributed by atoms with Crippen LogP contribution in [0.3, 0.4) is 0 Å². The highest BCUT2D eigenvalue weighted by atomic mass is 35.5. The van der Waals surface area contributed by atoms with Gasteiger partial charge in [-0.05, 0) is 23.8 Å². The fraction of sp³-hybridized carbons (Fsp3) is 0.0588. The van der Waals surface area contributed by atoms with Crippen LogP contribution in [-0.4, -0.2) is 15.4 Å². The van der Waals surface area contributed by atoms with E-state index in [0.29, 0.717) is 15.3 Å². The largest absolute Gasteiger partial charge is 0.319 e. The maximum Gasteiger partial charge on any atom is 0.272 e. The quantitative estimate of drug-likeness (QED) is 0.396. The van der Waals surface area contributed by atoms with Gasteiger partial charge >= 0.3 is 0 Å². The van der Waals surface area contributed by atoms with E-state index >= 15 is 0 Å². The molecule has 1 aromatic heterocycles. The van der Waals surface area contributed by atoms with Gasteiger partial charge in [0.25, 0.3) is 11.6 Å². The Hall–Kier alpha value is -2.77. The van der Waals surface area contributed by atoms with E-state index in [9.17, 15) is 14.9 Å². The number of carbonyl (C=O) groups is 1. The van der Waals surface area contributed by atoms with Crippen molar-refractivity contribution in [3.63, 3.8) is 0 Å². The molecule has 0 spiro atoms. The van der Waals surface area contributed by atoms with Crippen LogP contribution in [0.5, 0.6) is 0 Å². The number of aryl methyl sites for hydroxylation is 1. The van der Waals surface area contributed by atoms with Crippen molar-refractivity contribution in [2.75, 3.05) is 0 Å². The summed E-state index contributed by atoms with van der Waals surface area (Å²) in [4.78, 5) is 27.0. The van der Waals surface area contributed by atoms with Crippen LogP contribution in [0.25, 0.3) is 16.3 Å². The standard InChI is InChI=1S/C17H12ClN3O3S/c1-20-14-10-12(21(23)24)7-8-15(14)25-17(20)19-16(22)9-6-11-4-2-3-5-13(11)18/h2-10H,1H3/b9-6+,19-17?. The number of carbonyl (C=O) groups excluding carboxylic acids is 1. The van der Waals surface area contributed by atoms with E-state index in [4.69, 9.17) is 11.6 Å². The van der Waals surface area contributed by atoms with Gasteiger partial charge < -0.3 is 4.57 Å². The zero-order valence-electron chi connectivity index (χ0n) is 13.0. The number of nitro groups is 1. The van der Waals surface area contributed by atoms with Gasteiger partial charge in [-0.25, -0.2) is 0 Å². The Morgan fingerprint density at radius 2 is 2.08 bits per heavy atom. The summed E-state index contributed by atoms with van der Waals surface area (Å²) in [5.41, 5.74) is 1.38. The lowest BCUT2D eigenvalue weighted by molar-refractivity contribution is -0.384. The molecule has 0 aliphatic heterocycles. The number of thiazole rings is 1. The minimum Gasteiger partial charge on any atom is -0.319 e. The van der Waals surface area contributed by atoms with Gasteiger partial charge in [-0.3, -0.25) is 14.9 Å². The average molecular weight is 374 g/mol. The van der Waals surface area contributed by atoms with E-state index in [1.807, 2.05) is 12.1 Å². The summed E-state index contributed by atoms with van der Waals surface area (Å²) in [5.74, 6) is -0.434. The number of amides is 1. The molecule has 1 amide bonds. The molecule has 0 aliphatic carbocycles. The van der Waals surface area contributed by atoms with E-state index < -0.39 is 10.8 Å². The van der Waals surface area contributed by atoms with Gasteiger partial charge in [0.1, 0.15) is 0 Å². The van der Waals surface area contributed by atoms with E-state index in [-0.39, 0.29) is 5.69 Å². The summed E-state index contributed by atoms with van der Waals surface area (Å²) in [7, 11) is 1.71. The monoisotopic (exact) mass is 373 g/mol. The third-order valence-corrected chi connectivity index (χ3v) is 4.98. The van der Waals surface area contributed by atoms with Crippen LogP contribution in [0, 0.1) is 10.1 Å². The summed E-state index contributed by atoms with van der Waals surface area (Å²) >= 11 is 7.33. The highest BCUT2D eigenvalue weighted by Gasteiger charge is 2.10. The van der Waals surface area contributed by atoms with Crippen molar-refractivity contribution in [3.05, 3.63) is 74.0 Å². The van der Waals surface area contributed by atoms with E-state index in [2.05, 4.69) is 4.99 Å². The Bertz CT molecular complexity index is 1080. The number of hydrogen-bond acceptors (Lipinski definition) is 4. The molecular formula is C17H12ClN3O3S. The number of rotatable bonds is 3. The topological polar surface area (TPSA) is 77.5 Å². The Morgan fingerprint density at radius 3 is 2.80 bits per heavy atom. The minimum absolute atomic E-state index is 0.00241. The van der Waals surface area contributed by atoms with Crippen molar-refractivity contribution in [1.29, 1.82) is 0 Å². The SMILES string of the molecule is Cn1c(=NC(=O)/C=C/c2ccccc2Cl)sc2ccc([N+](=O)[O-])cc21. The van der Waals surface area contributed by atoms with Gasteiger partial charge in [-0.1, -0.05) is 41.1 Å². The van der Waals surface area contributed by atoms with Crippen LogP contribution >= 0.6 is 22.9 Å². The zero-order valence-corrected chi connectivity index (χ0v) is 14.6. The van der Waals surface area contributed by atoms with Gasteiger partial charge in [0.05, 0.1) is 15.1 Å². The summed E-state index contributed by atoms with van der Waals surface area (Å²) in [6.45, 7) is 0. The van der Waals surface area contributed by atoms with Crippen molar-refractivity contribution >= 4 is 50.8 Å². The lowest BCUT2D eigenvalue weighted by Gasteiger charge is -1.96. The Morgan fingerprint density at radius 1 is 1.32 bits per heavy atom. The third kappa shape index (κ3) is 3.67. The van der Waals surface area contributed by atoms with Crippen LogP contribution in [0.1, 0.15) is 5.56 Å². The first kappa shape index (κ1) is 17.1. The molecule has 3 rings (SSSR count). The van der Waals surface area contributed by atoms with Gasteiger partial charge in [0.15, 0.2) is 4.80 Å². The molecule has 1 heterocycles. The van der Waals surface area contributed by atoms with Crippen LogP contribution in [-0.2, 0) is 11.8 Å². The van der Waals surface area contributed by atoms with E-state index in [1.54, 1.807) is 35.9 Å². The smallest absolute Gasteiger partial charge is 0.272 e. The molecule has 0 atom stereocenters. The normalized spacial score (nSPS) is 12.2. The molecule has 0 radical (unpaired) electrons. The van der Waals surface area contributed by atoms with Crippen molar-refractivity contribution in [3.8, 4) is 0 Å². The summed E-state index contributed by atoms with van der Waals surface area (Å²) in [6, 6.07) is 11.7. The Kier molecular flexibility index (Phi) is 4.78. The number of halogens is 1. The first-order valence-electron chi connectivity index (χ1n) is 7.21. The average Bonchev–Trinajstić information content (AvgIpc) is 2.89. The maximum absolute atomic E-state index is 12.1. The molecule has 2 aromatic carbocycles. The third-order valence-electron chi connectivity index (χ3n) is 3.52. The number of hydrogen-bond donors (Lipinski definition) is 0. The summed E-state index contributed by atoms with van der Waals surface area (Å²) in [5, 5.41) is 11.4. The second-order valence-corrected chi connectivity index (χ2v) is 6.57. The molecule has 0 bridgehead atoms.